The van der Waals surface area contributed by atoms with Crippen LogP contribution in [-0.4, -0.2) is 104 Å². The fourth-order valence-electron chi connectivity index (χ4n) is 3.39. The molecule has 0 saturated carbocycles. The van der Waals surface area contributed by atoms with Gasteiger partial charge in [0.05, 0.1) is 37.1 Å². The van der Waals surface area contributed by atoms with Gasteiger partial charge in [-0.3, -0.25) is 19.4 Å². The molecule has 1 aromatic rings. The number of anilines is 1. The molecule has 2 rings (SSSR count). The third-order valence-electron chi connectivity index (χ3n) is 4.89. The smallest absolute Gasteiger partial charge is 0.389 e. The van der Waals surface area contributed by atoms with Crippen LogP contribution in [0.1, 0.15) is 5.56 Å². The van der Waals surface area contributed by atoms with Crippen molar-refractivity contribution in [3.8, 4) is 0 Å². The van der Waals surface area contributed by atoms with Gasteiger partial charge in [0.2, 0.25) is 11.8 Å². The van der Waals surface area contributed by atoms with E-state index in [0.717, 1.165) is 6.07 Å². The lowest BCUT2D eigenvalue weighted by Crippen LogP contribution is -2.52. The van der Waals surface area contributed by atoms with Crippen molar-refractivity contribution in [1.29, 1.82) is 0 Å². The van der Waals surface area contributed by atoms with E-state index in [2.05, 4.69) is 5.32 Å². The summed E-state index contributed by atoms with van der Waals surface area (Å²) in [5, 5.41) is 12.1. The van der Waals surface area contributed by atoms with Crippen LogP contribution >= 0.6 is 0 Å². The van der Waals surface area contributed by atoms with E-state index in [1.54, 1.807) is 21.7 Å². The number of carbonyl (C=O) groups is 2. The van der Waals surface area contributed by atoms with E-state index >= 15 is 0 Å². The minimum absolute atomic E-state index is 0.0582. The van der Waals surface area contributed by atoms with Gasteiger partial charge in [-0.25, -0.2) is 0 Å². The van der Waals surface area contributed by atoms with Crippen molar-refractivity contribution in [3.05, 3.63) is 29.8 Å². The molecule has 31 heavy (non-hydrogen) atoms. The Morgan fingerprint density at radius 3 is 2.48 bits per heavy atom. The highest BCUT2D eigenvalue weighted by atomic mass is 19.4. The number of nitrogens with zero attached hydrogens (tertiary/aromatic N) is 3. The SMILES string of the molecule is COCC(O)CN(C)CC(=O)N1CCN(CC(=O)Nc2ccccc2C(F)(F)F)CC1. The molecule has 8 nitrogen and oxygen atoms in total. The highest BCUT2D eigenvalue weighted by molar-refractivity contribution is 5.93. The normalized spacial score (nSPS) is 16.4. The first-order valence-electron chi connectivity index (χ1n) is 9.92. The lowest BCUT2D eigenvalue weighted by atomic mass is 10.1. The Morgan fingerprint density at radius 1 is 1.23 bits per heavy atom. The number of piperazine rings is 1. The van der Waals surface area contributed by atoms with Gasteiger partial charge in [-0.2, -0.15) is 13.2 Å². The number of aliphatic hydroxyl groups excluding tert-OH is 1. The summed E-state index contributed by atoms with van der Waals surface area (Å²) in [6.45, 7) is 2.30. The van der Waals surface area contributed by atoms with E-state index in [-0.39, 0.29) is 31.3 Å². The molecule has 1 unspecified atom stereocenters. The van der Waals surface area contributed by atoms with Gasteiger partial charge in [0, 0.05) is 39.8 Å². The van der Waals surface area contributed by atoms with Crippen LogP contribution in [0.2, 0.25) is 0 Å². The van der Waals surface area contributed by atoms with E-state index in [1.165, 1.54) is 25.3 Å². The predicted octanol–water partition coefficient (Wildman–Crippen LogP) is 0.727. The molecule has 1 fully saturated rings. The summed E-state index contributed by atoms with van der Waals surface area (Å²) in [4.78, 5) is 29.8. The Labute approximate surface area is 179 Å². The average molecular weight is 446 g/mol. The molecule has 1 saturated heterocycles. The maximum Gasteiger partial charge on any atom is 0.418 e. The van der Waals surface area contributed by atoms with Gasteiger partial charge in [-0.15, -0.1) is 0 Å². The number of hydrogen-bond donors (Lipinski definition) is 2. The van der Waals surface area contributed by atoms with Crippen LogP contribution in [0.25, 0.3) is 0 Å². The number of halogens is 3. The van der Waals surface area contributed by atoms with Gasteiger partial charge < -0.3 is 20.1 Å². The van der Waals surface area contributed by atoms with Crippen molar-refractivity contribution in [1.82, 2.24) is 14.7 Å². The number of alkyl halides is 3. The van der Waals surface area contributed by atoms with Crippen molar-refractivity contribution in [2.24, 2.45) is 0 Å². The zero-order chi connectivity index (χ0) is 23.0. The molecule has 0 spiro atoms. The minimum atomic E-state index is -4.55. The third kappa shape index (κ3) is 8.09. The zero-order valence-electron chi connectivity index (χ0n) is 17.7. The van der Waals surface area contributed by atoms with E-state index in [1.807, 2.05) is 0 Å². The molecule has 0 aliphatic carbocycles. The Morgan fingerprint density at radius 2 is 1.87 bits per heavy atom. The summed E-state index contributed by atoms with van der Waals surface area (Å²) < 4.78 is 44.0. The summed E-state index contributed by atoms with van der Waals surface area (Å²) in [6, 6.07) is 4.84. The van der Waals surface area contributed by atoms with Crippen molar-refractivity contribution >= 4 is 17.5 Å². The largest absolute Gasteiger partial charge is 0.418 e. The molecule has 1 aliphatic rings. The van der Waals surface area contributed by atoms with E-state index < -0.39 is 23.8 Å². The molecule has 2 N–H and O–H groups in total. The highest BCUT2D eigenvalue weighted by Crippen LogP contribution is 2.34. The number of ether oxygens (including phenoxy) is 1. The van der Waals surface area contributed by atoms with E-state index in [0.29, 0.717) is 32.7 Å². The first kappa shape index (κ1) is 25.1. The fraction of sp³-hybridized carbons (Fsp3) is 0.600. The summed E-state index contributed by atoms with van der Waals surface area (Å²) in [6.07, 6.45) is -5.23. The topological polar surface area (TPSA) is 85.4 Å². The Balaban J connectivity index is 1.78. The Kier molecular flexibility index (Phi) is 9.23. The predicted molar refractivity (Wildman–Crippen MR) is 108 cm³/mol. The second-order valence-corrected chi connectivity index (χ2v) is 7.55. The maximum absolute atomic E-state index is 13.1. The zero-order valence-corrected chi connectivity index (χ0v) is 17.7. The van der Waals surface area contributed by atoms with Crippen LogP contribution in [0.15, 0.2) is 24.3 Å². The summed E-state index contributed by atoms with van der Waals surface area (Å²) >= 11 is 0. The molecular weight excluding hydrogens is 417 g/mol. The molecule has 2 amide bonds. The lowest BCUT2D eigenvalue weighted by Gasteiger charge is -2.35. The number of methoxy groups -OCH3 is 1. The number of nitrogens with one attached hydrogen (secondary N) is 1. The van der Waals surface area contributed by atoms with Crippen molar-refractivity contribution in [2.75, 3.05) is 71.9 Å². The molecule has 11 heteroatoms. The first-order valence-corrected chi connectivity index (χ1v) is 9.92. The van der Waals surface area contributed by atoms with Crippen LogP contribution in [0.3, 0.4) is 0 Å². The second-order valence-electron chi connectivity index (χ2n) is 7.55. The van der Waals surface area contributed by atoms with E-state index in [4.69, 9.17) is 4.74 Å². The standard InChI is InChI=1S/C20H29F3N4O4/c1-25(11-15(28)14-31-2)13-19(30)27-9-7-26(8-10-27)12-18(29)24-17-6-4-3-5-16(17)20(21,22)23/h3-6,15,28H,7-14H2,1-2H3,(H,24,29). The van der Waals surface area contributed by atoms with Gasteiger partial charge >= 0.3 is 6.18 Å². The van der Waals surface area contributed by atoms with Gasteiger partial charge in [0.15, 0.2) is 0 Å². The second kappa shape index (κ2) is 11.4. The van der Waals surface area contributed by atoms with Gasteiger partial charge in [-0.05, 0) is 19.2 Å². The molecule has 0 radical (unpaired) electrons. The highest BCUT2D eigenvalue weighted by Gasteiger charge is 2.33. The quantitative estimate of drug-likeness (QED) is 0.582. The molecule has 0 aromatic heterocycles. The monoisotopic (exact) mass is 446 g/mol. The van der Waals surface area contributed by atoms with Crippen molar-refractivity contribution in [3.63, 3.8) is 0 Å². The Hall–Kier alpha value is -2.21. The number of likely N-dealkylation sites (N-methyl/N-ethyl adjacent to an activating group) is 1. The summed E-state index contributed by atoms with van der Waals surface area (Å²) in [5.74, 6) is -0.626. The number of amides is 2. The number of carbonyl (C=O) groups excluding carboxylic acids is 2. The molecule has 174 valence electrons. The van der Waals surface area contributed by atoms with Crippen LogP contribution in [0.4, 0.5) is 18.9 Å². The number of hydrogen-bond acceptors (Lipinski definition) is 6. The van der Waals surface area contributed by atoms with Crippen LogP contribution in [0.5, 0.6) is 0 Å². The van der Waals surface area contributed by atoms with Gasteiger partial charge in [-0.1, -0.05) is 12.1 Å². The molecule has 1 heterocycles. The number of rotatable bonds is 9. The van der Waals surface area contributed by atoms with Gasteiger partial charge in [0.1, 0.15) is 0 Å². The van der Waals surface area contributed by atoms with Crippen LogP contribution in [0, 0.1) is 0 Å². The number of benzene rings is 1. The average Bonchev–Trinajstić information content (AvgIpc) is 2.68. The molecule has 1 aromatic carbocycles. The minimum Gasteiger partial charge on any atom is -0.389 e. The van der Waals surface area contributed by atoms with Crippen LogP contribution < -0.4 is 5.32 Å². The summed E-state index contributed by atoms with van der Waals surface area (Å²) in [5.41, 5.74) is -1.16. The maximum atomic E-state index is 13.1. The first-order chi connectivity index (χ1) is 14.6. The molecule has 1 atom stereocenters. The summed E-state index contributed by atoms with van der Waals surface area (Å²) in [7, 11) is 3.22. The van der Waals surface area contributed by atoms with Crippen LogP contribution in [-0.2, 0) is 20.5 Å². The number of para-hydroxylation sites is 1. The third-order valence-corrected chi connectivity index (χ3v) is 4.89. The number of aliphatic hydroxyl groups is 1. The van der Waals surface area contributed by atoms with Crippen molar-refractivity contribution < 1.29 is 32.6 Å². The Bertz CT molecular complexity index is 739. The van der Waals surface area contributed by atoms with Crippen molar-refractivity contribution in [2.45, 2.75) is 12.3 Å². The van der Waals surface area contributed by atoms with E-state index in [9.17, 15) is 27.9 Å². The molecule has 0 bridgehead atoms. The molecule has 1 aliphatic heterocycles. The van der Waals surface area contributed by atoms with Gasteiger partial charge in [0.25, 0.3) is 0 Å². The lowest BCUT2D eigenvalue weighted by molar-refractivity contribution is -0.137. The fourth-order valence-corrected chi connectivity index (χ4v) is 3.39. The molecular formula is C20H29F3N4O4.